The topological polar surface area (TPSA) is 41.9 Å². The number of hydrogen-bond acceptors (Lipinski definition) is 4. The Kier molecular flexibility index (Phi) is 14.1. The summed E-state index contributed by atoms with van der Waals surface area (Å²) in [7, 11) is 5.63. The summed E-state index contributed by atoms with van der Waals surface area (Å²) in [6.07, 6.45) is 20.8. The fourth-order valence-electron chi connectivity index (χ4n) is 10.5. The summed E-state index contributed by atoms with van der Waals surface area (Å²) in [4.78, 5) is 2.13. The van der Waals surface area contributed by atoms with Crippen LogP contribution in [-0.2, 0) is 9.47 Å². The number of likely N-dealkylation sites (tertiary alicyclic amines) is 1. The SMILES string of the molecule is C=C=C.COC1CCCC2(C)C(=CCC3C2CCC2(C)C(C(C)CCCC(C)C)CCC32)C1.COCC1CC(O)CN1C. The van der Waals surface area contributed by atoms with Crippen LogP contribution in [0.2, 0.25) is 0 Å². The van der Waals surface area contributed by atoms with Gasteiger partial charge in [-0.3, -0.25) is 4.90 Å². The molecular weight excluding hydrogens is 530 g/mol. The molecule has 248 valence electrons. The number of hydrogen-bond donors (Lipinski definition) is 1. The second-order valence-corrected chi connectivity index (χ2v) is 15.9. The average Bonchev–Trinajstić information content (AvgIpc) is 3.40. The van der Waals surface area contributed by atoms with Crippen molar-refractivity contribution in [1.82, 2.24) is 4.90 Å². The van der Waals surface area contributed by atoms with E-state index in [0.29, 0.717) is 23.0 Å². The van der Waals surface area contributed by atoms with Crippen molar-refractivity contribution >= 4 is 0 Å². The van der Waals surface area contributed by atoms with Gasteiger partial charge in [0.05, 0.1) is 18.8 Å². The number of β-amino-alcohol motifs (C(OH)–C–C–N with tert-alkyl or cyclic N) is 1. The zero-order valence-electron chi connectivity index (χ0n) is 29.5. The molecule has 5 aliphatic rings. The number of allylic oxidation sites excluding steroid dienone is 1. The smallest absolute Gasteiger partial charge is 0.0682 e. The highest BCUT2D eigenvalue weighted by atomic mass is 16.5. The van der Waals surface area contributed by atoms with Crippen LogP contribution in [-0.4, -0.2) is 62.7 Å². The van der Waals surface area contributed by atoms with Crippen molar-refractivity contribution in [1.29, 1.82) is 0 Å². The normalized spacial score (nSPS) is 39.5. The predicted octanol–water partition coefficient (Wildman–Crippen LogP) is 9.09. The van der Waals surface area contributed by atoms with E-state index in [4.69, 9.17) is 9.47 Å². The fourth-order valence-corrected chi connectivity index (χ4v) is 10.5. The molecule has 1 heterocycles. The predicted molar refractivity (Wildman–Crippen MR) is 182 cm³/mol. The third-order valence-corrected chi connectivity index (χ3v) is 12.9. The van der Waals surface area contributed by atoms with Crippen molar-refractivity contribution in [3.63, 3.8) is 0 Å². The largest absolute Gasteiger partial charge is 0.392 e. The Morgan fingerprint density at radius 2 is 1.77 bits per heavy atom. The summed E-state index contributed by atoms with van der Waals surface area (Å²) in [5.74, 6) is 5.61. The molecule has 5 rings (SSSR count). The van der Waals surface area contributed by atoms with E-state index >= 15 is 0 Å². The van der Waals surface area contributed by atoms with Crippen molar-refractivity contribution in [3.05, 3.63) is 30.5 Å². The van der Waals surface area contributed by atoms with E-state index in [-0.39, 0.29) is 6.10 Å². The van der Waals surface area contributed by atoms with E-state index in [9.17, 15) is 5.11 Å². The fraction of sp³-hybridized carbons (Fsp3) is 0.872. The first-order chi connectivity index (χ1) is 20.4. The molecule has 0 aromatic heterocycles. The molecule has 0 spiro atoms. The lowest BCUT2D eigenvalue weighted by Crippen LogP contribution is -2.49. The van der Waals surface area contributed by atoms with Crippen molar-refractivity contribution in [2.24, 2.45) is 46.3 Å². The van der Waals surface area contributed by atoms with Gasteiger partial charge < -0.3 is 14.6 Å². The average molecular weight is 600 g/mol. The Bertz CT molecular complexity index is 908. The van der Waals surface area contributed by atoms with Crippen LogP contribution >= 0.6 is 0 Å². The Labute approximate surface area is 266 Å². The zero-order valence-corrected chi connectivity index (χ0v) is 29.5. The first kappa shape index (κ1) is 36.6. The van der Waals surface area contributed by atoms with Gasteiger partial charge in [-0.05, 0) is 118 Å². The third-order valence-electron chi connectivity index (χ3n) is 12.9. The van der Waals surface area contributed by atoms with Gasteiger partial charge in [0.15, 0.2) is 0 Å². The van der Waals surface area contributed by atoms with E-state index in [1.165, 1.54) is 77.0 Å². The molecule has 4 heteroatoms. The molecule has 0 radical (unpaired) electrons. The highest BCUT2D eigenvalue weighted by Gasteiger charge is 2.58. The maximum Gasteiger partial charge on any atom is 0.0682 e. The van der Waals surface area contributed by atoms with Gasteiger partial charge in [0, 0.05) is 26.8 Å². The maximum atomic E-state index is 9.20. The second kappa shape index (κ2) is 16.6. The van der Waals surface area contributed by atoms with Crippen LogP contribution in [0.4, 0.5) is 0 Å². The summed E-state index contributed by atoms with van der Waals surface area (Å²) < 4.78 is 10.8. The molecule has 1 saturated heterocycles. The lowest BCUT2D eigenvalue weighted by atomic mass is 9.48. The molecule has 0 aromatic carbocycles. The van der Waals surface area contributed by atoms with Gasteiger partial charge in [-0.15, -0.1) is 5.73 Å². The number of nitrogens with zero attached hydrogens (tertiary/aromatic N) is 1. The molecular formula is C39H69NO3. The summed E-state index contributed by atoms with van der Waals surface area (Å²) >= 11 is 0. The van der Waals surface area contributed by atoms with Crippen LogP contribution < -0.4 is 0 Å². The van der Waals surface area contributed by atoms with E-state index in [0.717, 1.165) is 55.1 Å². The van der Waals surface area contributed by atoms with Crippen LogP contribution in [0.25, 0.3) is 0 Å². The second-order valence-electron chi connectivity index (χ2n) is 15.9. The van der Waals surface area contributed by atoms with Gasteiger partial charge in [-0.1, -0.05) is 78.7 Å². The first-order valence-corrected chi connectivity index (χ1v) is 17.8. The molecule has 10 atom stereocenters. The molecule has 1 aliphatic heterocycles. The minimum Gasteiger partial charge on any atom is -0.392 e. The Balaban J connectivity index is 0.000000325. The van der Waals surface area contributed by atoms with Crippen LogP contribution in [0.15, 0.2) is 30.5 Å². The molecule has 10 unspecified atom stereocenters. The molecule has 0 amide bonds. The highest BCUT2D eigenvalue weighted by molar-refractivity contribution is 5.24. The van der Waals surface area contributed by atoms with Gasteiger partial charge >= 0.3 is 0 Å². The van der Waals surface area contributed by atoms with Gasteiger partial charge in [0.25, 0.3) is 0 Å². The number of methoxy groups -OCH3 is 2. The van der Waals surface area contributed by atoms with Crippen LogP contribution in [0, 0.1) is 46.3 Å². The Hall–Kier alpha value is -0.900. The summed E-state index contributed by atoms with van der Waals surface area (Å²) in [6.45, 7) is 20.5. The Morgan fingerprint density at radius 1 is 1.05 bits per heavy atom. The Morgan fingerprint density at radius 3 is 2.37 bits per heavy atom. The van der Waals surface area contributed by atoms with Gasteiger partial charge in [-0.25, -0.2) is 0 Å². The summed E-state index contributed by atoms with van der Waals surface area (Å²) in [5, 5.41) is 9.20. The number of likely N-dealkylation sites (N-methyl/N-ethyl adjacent to an activating group) is 1. The zero-order chi connectivity index (χ0) is 31.8. The molecule has 43 heavy (non-hydrogen) atoms. The molecule has 1 N–H and O–H groups in total. The minimum atomic E-state index is -0.148. The highest BCUT2D eigenvalue weighted by Crippen LogP contribution is 2.67. The summed E-state index contributed by atoms with van der Waals surface area (Å²) in [6, 6.07) is 0.417. The number of aliphatic hydroxyl groups is 1. The quantitative estimate of drug-likeness (QED) is 0.223. The number of ether oxygens (including phenoxy) is 2. The van der Waals surface area contributed by atoms with Crippen LogP contribution in [0.1, 0.15) is 118 Å². The molecule has 4 nitrogen and oxygen atoms in total. The van der Waals surface area contributed by atoms with E-state index < -0.39 is 0 Å². The number of fused-ring (bicyclic) bond motifs is 5. The van der Waals surface area contributed by atoms with Gasteiger partial charge in [0.2, 0.25) is 0 Å². The van der Waals surface area contributed by atoms with Crippen molar-refractivity contribution in [3.8, 4) is 0 Å². The molecule has 0 bridgehead atoms. The van der Waals surface area contributed by atoms with E-state index in [1.54, 1.807) is 12.7 Å². The third kappa shape index (κ3) is 8.68. The van der Waals surface area contributed by atoms with E-state index in [1.807, 2.05) is 14.2 Å². The monoisotopic (exact) mass is 600 g/mol. The van der Waals surface area contributed by atoms with Gasteiger partial charge in [0.1, 0.15) is 0 Å². The van der Waals surface area contributed by atoms with Crippen molar-refractivity contribution < 1.29 is 14.6 Å². The molecule has 3 saturated carbocycles. The molecule has 4 aliphatic carbocycles. The maximum absolute atomic E-state index is 9.20. The van der Waals surface area contributed by atoms with Crippen molar-refractivity contribution in [2.75, 3.05) is 34.4 Å². The summed E-state index contributed by atoms with van der Waals surface area (Å²) in [5.41, 5.74) is 5.09. The minimum absolute atomic E-state index is 0.148. The number of rotatable bonds is 8. The van der Waals surface area contributed by atoms with Crippen LogP contribution in [0.3, 0.4) is 0 Å². The van der Waals surface area contributed by atoms with Crippen LogP contribution in [0.5, 0.6) is 0 Å². The lowest BCUT2D eigenvalue weighted by molar-refractivity contribution is -0.0463. The molecule has 0 aromatic rings. The first-order valence-electron chi connectivity index (χ1n) is 17.8. The van der Waals surface area contributed by atoms with E-state index in [2.05, 4.69) is 64.5 Å². The lowest BCUT2D eigenvalue weighted by Gasteiger charge is -2.57. The standard InChI is InChI=1S/C29H50O.C7H15NO2.C3H4/c1-20(2)9-7-10-21(3)25-14-15-26-24-13-12-22-19-23(30-6)11-8-17-28(22,4)27(24)16-18-29(25,26)5;1-8-4-7(9)3-6(8)5-10-2;1-3-2/h12,20-21,23-27H,7-11,13-19H2,1-6H3;6-7,9H,3-5H2,1-2H3;1-2H2. The molecule has 4 fully saturated rings. The number of aliphatic hydroxyl groups excluding tert-OH is 1. The van der Waals surface area contributed by atoms with Gasteiger partial charge in [-0.2, -0.15) is 0 Å². The van der Waals surface area contributed by atoms with Crippen molar-refractivity contribution in [2.45, 2.75) is 136 Å².